The summed E-state index contributed by atoms with van der Waals surface area (Å²) in [4.78, 5) is 11.2. The number of anilines is 1. The van der Waals surface area contributed by atoms with Gasteiger partial charge >= 0.3 is 0 Å². The summed E-state index contributed by atoms with van der Waals surface area (Å²) in [6.45, 7) is 1.78. The molecule has 1 aliphatic heterocycles. The first kappa shape index (κ1) is 15.3. The Kier molecular flexibility index (Phi) is 3.41. The zero-order chi connectivity index (χ0) is 17.7. The van der Waals surface area contributed by atoms with Crippen LogP contribution < -0.4 is 4.90 Å². The number of hydrogen-bond donors (Lipinski definition) is 0. The van der Waals surface area contributed by atoms with Crippen molar-refractivity contribution in [2.45, 2.75) is 18.8 Å². The van der Waals surface area contributed by atoms with Gasteiger partial charge in [0.1, 0.15) is 23.6 Å². The van der Waals surface area contributed by atoms with Gasteiger partial charge in [-0.15, -0.1) is 0 Å². The lowest BCUT2D eigenvalue weighted by atomic mass is 9.91. The zero-order valence-electron chi connectivity index (χ0n) is 14.4. The molecule has 4 heterocycles. The number of aromatic nitrogens is 4. The number of nitrogens with zero attached hydrogens (tertiary/aromatic N) is 5. The summed E-state index contributed by atoms with van der Waals surface area (Å²) in [5, 5.41) is 6.22. The fourth-order valence-corrected chi connectivity index (χ4v) is 3.91. The van der Waals surface area contributed by atoms with Crippen molar-refractivity contribution in [3.8, 4) is 0 Å². The molecule has 1 saturated heterocycles. The van der Waals surface area contributed by atoms with Gasteiger partial charge in [0, 0.05) is 43.7 Å². The van der Waals surface area contributed by atoms with Gasteiger partial charge in [-0.25, -0.2) is 14.4 Å². The predicted octanol–water partition coefficient (Wildman–Crippen LogP) is 3.63. The smallest absolute Gasteiger partial charge is 0.170 e. The minimum Gasteiger partial charge on any atom is -0.356 e. The van der Waals surface area contributed by atoms with Crippen LogP contribution in [0.4, 0.5) is 10.2 Å². The van der Waals surface area contributed by atoms with E-state index in [9.17, 15) is 4.39 Å². The molecule has 0 N–H and O–H groups in total. The Hall–Kier alpha value is -2.96. The number of rotatable bonds is 2. The molecule has 0 aliphatic carbocycles. The van der Waals surface area contributed by atoms with Gasteiger partial charge in [-0.3, -0.25) is 0 Å². The maximum Gasteiger partial charge on any atom is 0.170 e. The van der Waals surface area contributed by atoms with Crippen LogP contribution in [0.5, 0.6) is 0 Å². The lowest BCUT2D eigenvalue weighted by Crippen LogP contribution is -2.33. The van der Waals surface area contributed by atoms with E-state index in [0.717, 1.165) is 53.9 Å². The van der Waals surface area contributed by atoms with E-state index in [4.69, 9.17) is 4.52 Å². The van der Waals surface area contributed by atoms with E-state index in [1.165, 1.54) is 12.1 Å². The minimum absolute atomic E-state index is 0.300. The summed E-state index contributed by atoms with van der Waals surface area (Å²) in [7, 11) is 1.99. The highest BCUT2D eigenvalue weighted by atomic mass is 19.1. The van der Waals surface area contributed by atoms with Gasteiger partial charge in [0.2, 0.25) is 0 Å². The van der Waals surface area contributed by atoms with E-state index in [-0.39, 0.29) is 5.82 Å². The molecule has 5 rings (SSSR count). The van der Waals surface area contributed by atoms with Crippen molar-refractivity contribution in [1.29, 1.82) is 0 Å². The molecule has 1 fully saturated rings. The van der Waals surface area contributed by atoms with Gasteiger partial charge in [0.05, 0.1) is 11.1 Å². The van der Waals surface area contributed by atoms with E-state index < -0.39 is 0 Å². The second-order valence-electron chi connectivity index (χ2n) is 6.83. The average molecular weight is 351 g/mol. The average Bonchev–Trinajstić information content (AvgIpc) is 3.25. The van der Waals surface area contributed by atoms with Crippen LogP contribution in [0.25, 0.3) is 22.0 Å². The molecular formula is C19H18FN5O. The van der Waals surface area contributed by atoms with Gasteiger partial charge in [-0.05, 0) is 31.0 Å². The van der Waals surface area contributed by atoms with Crippen LogP contribution in [0.15, 0.2) is 41.3 Å². The molecule has 0 radical (unpaired) electrons. The Balaban J connectivity index is 1.40. The maximum absolute atomic E-state index is 13.3. The lowest BCUT2D eigenvalue weighted by molar-refractivity contribution is 0.416. The lowest BCUT2D eigenvalue weighted by Gasteiger charge is -2.32. The SMILES string of the molecule is Cn1ccc2c(N3CCC(c4noc5cc(F)ccc45)CC3)ncnc21. The second kappa shape index (κ2) is 5.79. The Morgan fingerprint density at radius 1 is 1.12 bits per heavy atom. The van der Waals surface area contributed by atoms with Gasteiger partial charge in [0.25, 0.3) is 0 Å². The van der Waals surface area contributed by atoms with Crippen LogP contribution in [0.3, 0.4) is 0 Å². The normalized spacial score (nSPS) is 16.0. The highest BCUT2D eigenvalue weighted by molar-refractivity contribution is 5.88. The predicted molar refractivity (Wildman–Crippen MR) is 96.7 cm³/mol. The molecule has 0 spiro atoms. The highest BCUT2D eigenvalue weighted by Crippen LogP contribution is 2.35. The molecule has 0 atom stereocenters. The Bertz CT molecular complexity index is 1090. The number of benzene rings is 1. The molecule has 1 aromatic carbocycles. The van der Waals surface area contributed by atoms with Crippen LogP contribution in [0.2, 0.25) is 0 Å². The molecule has 6 nitrogen and oxygen atoms in total. The van der Waals surface area contributed by atoms with Crippen molar-refractivity contribution in [1.82, 2.24) is 19.7 Å². The molecule has 26 heavy (non-hydrogen) atoms. The highest BCUT2D eigenvalue weighted by Gasteiger charge is 2.26. The first-order chi connectivity index (χ1) is 12.7. The first-order valence-corrected chi connectivity index (χ1v) is 8.76. The number of fused-ring (bicyclic) bond motifs is 2. The molecule has 0 saturated carbocycles. The molecule has 3 aromatic heterocycles. The van der Waals surface area contributed by atoms with E-state index in [1.807, 2.05) is 17.8 Å². The summed E-state index contributed by atoms with van der Waals surface area (Å²) in [6.07, 6.45) is 5.55. The number of aryl methyl sites for hydroxylation is 1. The van der Waals surface area contributed by atoms with Crippen LogP contribution in [0.1, 0.15) is 24.5 Å². The van der Waals surface area contributed by atoms with Crippen molar-refractivity contribution in [2.24, 2.45) is 7.05 Å². The largest absolute Gasteiger partial charge is 0.356 e. The fraction of sp³-hybridized carbons (Fsp3) is 0.316. The third-order valence-corrected chi connectivity index (χ3v) is 5.28. The van der Waals surface area contributed by atoms with Crippen molar-refractivity contribution in [3.05, 3.63) is 48.3 Å². The molecule has 7 heteroatoms. The fourth-order valence-electron chi connectivity index (χ4n) is 3.91. The van der Waals surface area contributed by atoms with Gasteiger partial charge in [0.15, 0.2) is 5.58 Å². The molecule has 0 bridgehead atoms. The van der Waals surface area contributed by atoms with Gasteiger partial charge in [-0.2, -0.15) is 0 Å². The number of hydrogen-bond acceptors (Lipinski definition) is 5. The Morgan fingerprint density at radius 2 is 1.96 bits per heavy atom. The third-order valence-electron chi connectivity index (χ3n) is 5.28. The van der Waals surface area contributed by atoms with Crippen LogP contribution >= 0.6 is 0 Å². The Morgan fingerprint density at radius 3 is 2.81 bits per heavy atom. The third kappa shape index (κ3) is 2.34. The van der Waals surface area contributed by atoms with Gasteiger partial charge in [-0.1, -0.05) is 5.16 Å². The summed E-state index contributed by atoms with van der Waals surface area (Å²) in [6, 6.07) is 6.69. The van der Waals surface area contributed by atoms with Crippen LogP contribution in [-0.2, 0) is 7.05 Å². The molecule has 0 amide bonds. The standard InChI is InChI=1S/C19H18FN5O/c1-24-7-6-15-18(24)21-11-22-19(15)25-8-4-12(5-9-25)17-14-3-2-13(20)10-16(14)26-23-17/h2-3,6-7,10-12H,4-5,8-9H2,1H3. The minimum atomic E-state index is -0.300. The van der Waals surface area contributed by atoms with Crippen molar-refractivity contribution in [2.75, 3.05) is 18.0 Å². The maximum atomic E-state index is 13.3. The van der Waals surface area contributed by atoms with E-state index >= 15 is 0 Å². The molecule has 1 aliphatic rings. The topological polar surface area (TPSA) is 60.0 Å². The van der Waals surface area contributed by atoms with E-state index in [0.29, 0.717) is 11.5 Å². The second-order valence-corrected chi connectivity index (χ2v) is 6.83. The summed E-state index contributed by atoms with van der Waals surface area (Å²) >= 11 is 0. The molecular weight excluding hydrogens is 333 g/mol. The summed E-state index contributed by atoms with van der Waals surface area (Å²) in [5.41, 5.74) is 2.40. The van der Waals surface area contributed by atoms with E-state index in [1.54, 1.807) is 12.4 Å². The van der Waals surface area contributed by atoms with E-state index in [2.05, 4.69) is 26.1 Å². The molecule has 4 aromatic rings. The van der Waals surface area contributed by atoms with Crippen molar-refractivity contribution in [3.63, 3.8) is 0 Å². The first-order valence-electron chi connectivity index (χ1n) is 8.76. The number of halogens is 1. The molecule has 132 valence electrons. The monoisotopic (exact) mass is 351 g/mol. The quantitative estimate of drug-likeness (QED) is 0.552. The van der Waals surface area contributed by atoms with Crippen LogP contribution in [-0.4, -0.2) is 32.8 Å². The Labute approximate surface area is 149 Å². The van der Waals surface area contributed by atoms with Crippen molar-refractivity contribution < 1.29 is 8.91 Å². The zero-order valence-corrected chi connectivity index (χ0v) is 14.4. The summed E-state index contributed by atoms with van der Waals surface area (Å²) in [5.74, 6) is 0.998. The number of piperidine rings is 1. The van der Waals surface area contributed by atoms with Crippen molar-refractivity contribution >= 4 is 27.8 Å². The summed E-state index contributed by atoms with van der Waals surface area (Å²) < 4.78 is 20.7. The van der Waals surface area contributed by atoms with Crippen LogP contribution in [0, 0.1) is 5.82 Å². The molecule has 0 unspecified atom stereocenters. The van der Waals surface area contributed by atoms with Gasteiger partial charge < -0.3 is 14.0 Å².